The van der Waals surface area contributed by atoms with Crippen LogP contribution in [-0.2, 0) is 0 Å². The zero-order valence-corrected chi connectivity index (χ0v) is 11.0. The van der Waals surface area contributed by atoms with Crippen molar-refractivity contribution in [3.63, 3.8) is 0 Å². The predicted octanol–water partition coefficient (Wildman–Crippen LogP) is 1.85. The first-order valence-electron chi connectivity index (χ1n) is 5.72. The molecule has 1 heterocycles. The summed E-state index contributed by atoms with van der Waals surface area (Å²) in [5, 5.41) is 10.7. The largest absolute Gasteiger partial charge is 0.497 e. The molecular weight excluding hydrogens is 248 g/mol. The molecule has 7 heteroatoms. The van der Waals surface area contributed by atoms with Crippen molar-refractivity contribution in [2.75, 3.05) is 19.5 Å². The summed E-state index contributed by atoms with van der Waals surface area (Å²) < 4.78 is 15.7. The summed E-state index contributed by atoms with van der Waals surface area (Å²) in [5.74, 6) is 1.68. The molecule has 1 aromatic heterocycles. The summed E-state index contributed by atoms with van der Waals surface area (Å²) in [5.41, 5.74) is 6.35. The van der Waals surface area contributed by atoms with Crippen molar-refractivity contribution in [2.24, 2.45) is 5.73 Å². The summed E-state index contributed by atoms with van der Waals surface area (Å²) in [6.45, 7) is 1.77. The Kier molecular flexibility index (Phi) is 3.86. The van der Waals surface area contributed by atoms with E-state index in [1.54, 1.807) is 39.3 Å². The third-order valence-corrected chi connectivity index (χ3v) is 2.48. The summed E-state index contributed by atoms with van der Waals surface area (Å²) in [7, 11) is 3.16. The van der Waals surface area contributed by atoms with Crippen LogP contribution in [0.3, 0.4) is 0 Å². The monoisotopic (exact) mass is 264 g/mol. The Morgan fingerprint density at radius 2 is 2.05 bits per heavy atom. The molecule has 7 nitrogen and oxygen atoms in total. The highest BCUT2D eigenvalue weighted by Gasteiger charge is 2.12. The lowest BCUT2D eigenvalue weighted by Crippen LogP contribution is -2.04. The van der Waals surface area contributed by atoms with Crippen LogP contribution in [0.2, 0.25) is 0 Å². The molecule has 0 saturated heterocycles. The van der Waals surface area contributed by atoms with Gasteiger partial charge in [0.05, 0.1) is 25.9 Å². The lowest BCUT2D eigenvalue weighted by atomic mass is 10.2. The number of rotatable bonds is 5. The average molecular weight is 264 g/mol. The standard InChI is InChI=1S/C12H16N4O3/c1-7(13)11-15-16-12(19-11)14-9-5-4-8(17-2)6-10(9)18-3/h4-7H,13H2,1-3H3,(H,14,16). The van der Waals surface area contributed by atoms with Crippen molar-refractivity contribution in [3.8, 4) is 11.5 Å². The summed E-state index contributed by atoms with van der Waals surface area (Å²) in [6, 6.07) is 5.31. The second-order valence-electron chi connectivity index (χ2n) is 3.93. The first kappa shape index (κ1) is 13.2. The number of nitrogens with one attached hydrogen (secondary N) is 1. The van der Waals surface area contributed by atoms with Crippen LogP contribution in [0, 0.1) is 0 Å². The van der Waals surface area contributed by atoms with E-state index in [4.69, 9.17) is 19.6 Å². The summed E-state index contributed by atoms with van der Waals surface area (Å²) in [4.78, 5) is 0. The number of aromatic nitrogens is 2. The first-order valence-corrected chi connectivity index (χ1v) is 5.72. The number of hydrogen-bond acceptors (Lipinski definition) is 7. The van der Waals surface area contributed by atoms with Crippen molar-refractivity contribution in [1.82, 2.24) is 10.2 Å². The van der Waals surface area contributed by atoms with E-state index in [1.165, 1.54) is 0 Å². The van der Waals surface area contributed by atoms with E-state index in [1.807, 2.05) is 0 Å². The zero-order chi connectivity index (χ0) is 13.8. The number of ether oxygens (including phenoxy) is 2. The SMILES string of the molecule is COc1ccc(Nc2nnc(C(C)N)o2)c(OC)c1. The minimum Gasteiger partial charge on any atom is -0.497 e. The zero-order valence-electron chi connectivity index (χ0n) is 11.0. The Bertz CT molecular complexity index is 554. The third kappa shape index (κ3) is 2.94. The highest BCUT2D eigenvalue weighted by Crippen LogP contribution is 2.31. The minimum absolute atomic E-state index is 0.260. The molecule has 0 spiro atoms. The molecule has 1 unspecified atom stereocenters. The summed E-state index contributed by atoms with van der Waals surface area (Å²) in [6.07, 6.45) is 0. The van der Waals surface area contributed by atoms with Gasteiger partial charge in [0.1, 0.15) is 11.5 Å². The fourth-order valence-electron chi connectivity index (χ4n) is 1.49. The highest BCUT2D eigenvalue weighted by atomic mass is 16.5. The van der Waals surface area contributed by atoms with E-state index >= 15 is 0 Å². The maximum absolute atomic E-state index is 5.65. The Morgan fingerprint density at radius 1 is 1.26 bits per heavy atom. The molecule has 0 aliphatic heterocycles. The Hall–Kier alpha value is -2.28. The van der Waals surface area contributed by atoms with Gasteiger partial charge in [0.2, 0.25) is 5.89 Å². The molecule has 2 aromatic rings. The number of hydrogen-bond donors (Lipinski definition) is 2. The second-order valence-corrected chi connectivity index (χ2v) is 3.93. The number of nitrogens with two attached hydrogens (primary N) is 1. The van der Waals surface area contributed by atoms with Gasteiger partial charge in [-0.15, -0.1) is 5.10 Å². The molecule has 19 heavy (non-hydrogen) atoms. The normalized spacial score (nSPS) is 12.0. The molecule has 1 atom stereocenters. The van der Waals surface area contributed by atoms with Crippen molar-refractivity contribution in [1.29, 1.82) is 0 Å². The maximum atomic E-state index is 5.65. The fourth-order valence-corrected chi connectivity index (χ4v) is 1.49. The van der Waals surface area contributed by atoms with Crippen molar-refractivity contribution in [2.45, 2.75) is 13.0 Å². The van der Waals surface area contributed by atoms with Crippen LogP contribution in [0.25, 0.3) is 0 Å². The van der Waals surface area contributed by atoms with Crippen LogP contribution in [0.1, 0.15) is 18.9 Å². The lowest BCUT2D eigenvalue weighted by molar-refractivity contribution is 0.395. The fraction of sp³-hybridized carbons (Fsp3) is 0.333. The molecule has 0 aliphatic rings. The number of nitrogens with zero attached hydrogens (tertiary/aromatic N) is 2. The molecular formula is C12H16N4O3. The lowest BCUT2D eigenvalue weighted by Gasteiger charge is -2.09. The number of methoxy groups -OCH3 is 2. The van der Waals surface area contributed by atoms with Gasteiger partial charge in [-0.3, -0.25) is 0 Å². The van der Waals surface area contributed by atoms with Gasteiger partial charge in [0.25, 0.3) is 0 Å². The Morgan fingerprint density at radius 3 is 2.63 bits per heavy atom. The predicted molar refractivity (Wildman–Crippen MR) is 69.7 cm³/mol. The first-order chi connectivity index (χ1) is 9.13. The number of benzene rings is 1. The highest BCUT2D eigenvalue weighted by molar-refractivity contribution is 5.63. The quantitative estimate of drug-likeness (QED) is 0.850. The van der Waals surface area contributed by atoms with Crippen molar-refractivity contribution >= 4 is 11.7 Å². The van der Waals surface area contributed by atoms with E-state index < -0.39 is 0 Å². The van der Waals surface area contributed by atoms with E-state index in [9.17, 15) is 0 Å². The van der Waals surface area contributed by atoms with Crippen LogP contribution >= 0.6 is 0 Å². The van der Waals surface area contributed by atoms with Gasteiger partial charge in [-0.2, -0.15) is 0 Å². The van der Waals surface area contributed by atoms with Gasteiger partial charge in [-0.05, 0) is 19.1 Å². The smallest absolute Gasteiger partial charge is 0.320 e. The topological polar surface area (TPSA) is 95.4 Å². The molecule has 1 aromatic carbocycles. The third-order valence-electron chi connectivity index (χ3n) is 2.48. The van der Waals surface area contributed by atoms with Crippen molar-refractivity contribution in [3.05, 3.63) is 24.1 Å². The molecule has 0 fully saturated rings. The average Bonchev–Trinajstić information content (AvgIpc) is 2.88. The van der Waals surface area contributed by atoms with Gasteiger partial charge in [0.15, 0.2) is 0 Å². The van der Waals surface area contributed by atoms with Crippen LogP contribution < -0.4 is 20.5 Å². The van der Waals surface area contributed by atoms with Crippen LogP contribution in [0.5, 0.6) is 11.5 Å². The molecule has 0 aliphatic carbocycles. The van der Waals surface area contributed by atoms with Crippen LogP contribution in [0.4, 0.5) is 11.7 Å². The number of anilines is 2. The van der Waals surface area contributed by atoms with Gasteiger partial charge in [-0.25, -0.2) is 0 Å². The molecule has 0 saturated carbocycles. The molecule has 0 amide bonds. The Balaban J connectivity index is 2.22. The van der Waals surface area contributed by atoms with Crippen LogP contribution in [-0.4, -0.2) is 24.4 Å². The second kappa shape index (κ2) is 5.57. The van der Waals surface area contributed by atoms with Gasteiger partial charge < -0.3 is 24.9 Å². The van der Waals surface area contributed by atoms with Crippen molar-refractivity contribution < 1.29 is 13.9 Å². The molecule has 102 valence electrons. The molecule has 0 radical (unpaired) electrons. The maximum Gasteiger partial charge on any atom is 0.320 e. The van der Waals surface area contributed by atoms with Gasteiger partial charge in [-0.1, -0.05) is 5.10 Å². The van der Waals surface area contributed by atoms with E-state index in [0.29, 0.717) is 23.1 Å². The van der Waals surface area contributed by atoms with Gasteiger partial charge in [0, 0.05) is 6.07 Å². The van der Waals surface area contributed by atoms with E-state index in [2.05, 4.69) is 15.5 Å². The summed E-state index contributed by atoms with van der Waals surface area (Å²) >= 11 is 0. The van der Waals surface area contributed by atoms with E-state index in [0.717, 1.165) is 0 Å². The van der Waals surface area contributed by atoms with Gasteiger partial charge >= 0.3 is 6.01 Å². The molecule has 0 bridgehead atoms. The van der Waals surface area contributed by atoms with E-state index in [-0.39, 0.29) is 12.1 Å². The van der Waals surface area contributed by atoms with Crippen LogP contribution in [0.15, 0.2) is 22.6 Å². The molecule has 2 rings (SSSR count). The molecule has 3 N–H and O–H groups in total. The minimum atomic E-state index is -0.305. The Labute approximate surface area is 110 Å².